The first-order valence-electron chi connectivity index (χ1n) is 7.37. The molecule has 1 aliphatic heterocycles. The van der Waals surface area contributed by atoms with Crippen molar-refractivity contribution in [2.24, 2.45) is 0 Å². The third kappa shape index (κ3) is 3.56. The Labute approximate surface area is 162 Å². The molecule has 0 aliphatic carbocycles. The van der Waals surface area contributed by atoms with Crippen LogP contribution in [-0.2, 0) is 9.59 Å². The van der Waals surface area contributed by atoms with Crippen LogP contribution in [0.3, 0.4) is 0 Å². The molecule has 0 spiro atoms. The van der Waals surface area contributed by atoms with Crippen molar-refractivity contribution in [3.05, 3.63) is 69.7 Å². The molecule has 1 aliphatic rings. The lowest BCUT2D eigenvalue weighted by Crippen LogP contribution is -2.54. The molecule has 0 unspecified atom stereocenters. The topological polar surface area (TPSA) is 86.7 Å². The van der Waals surface area contributed by atoms with Crippen LogP contribution in [0, 0.1) is 0 Å². The van der Waals surface area contributed by atoms with E-state index in [0.29, 0.717) is 5.56 Å². The molecule has 2 N–H and O–H groups in total. The number of amides is 2. The summed E-state index contributed by atoms with van der Waals surface area (Å²) in [4.78, 5) is 37.4. The van der Waals surface area contributed by atoms with Gasteiger partial charge in [-0.15, -0.1) is 0 Å². The second-order valence-electron chi connectivity index (χ2n) is 5.37. The van der Waals surface area contributed by atoms with Crippen molar-refractivity contribution in [1.82, 2.24) is 5.32 Å². The number of anilines is 1. The zero-order chi connectivity index (χ0) is 18.8. The van der Waals surface area contributed by atoms with Crippen LogP contribution >= 0.6 is 28.1 Å². The van der Waals surface area contributed by atoms with Crippen LogP contribution in [0.5, 0.6) is 0 Å². The molecule has 0 bridgehead atoms. The van der Waals surface area contributed by atoms with Gasteiger partial charge in [0.05, 0.1) is 11.3 Å². The van der Waals surface area contributed by atoms with E-state index in [2.05, 4.69) is 21.2 Å². The van der Waals surface area contributed by atoms with Gasteiger partial charge in [-0.3, -0.25) is 19.8 Å². The molecule has 2 amide bonds. The average molecular weight is 431 g/mol. The van der Waals surface area contributed by atoms with Gasteiger partial charge in [0, 0.05) is 4.47 Å². The van der Waals surface area contributed by atoms with Crippen LogP contribution in [0.25, 0.3) is 6.08 Å². The summed E-state index contributed by atoms with van der Waals surface area (Å²) < 4.78 is 0.803. The zero-order valence-corrected chi connectivity index (χ0v) is 15.5. The lowest BCUT2D eigenvalue weighted by Gasteiger charge is -2.29. The van der Waals surface area contributed by atoms with E-state index in [1.807, 2.05) is 6.07 Å². The van der Waals surface area contributed by atoms with Crippen LogP contribution in [0.1, 0.15) is 15.9 Å². The summed E-state index contributed by atoms with van der Waals surface area (Å²) in [5.74, 6) is -2.36. The summed E-state index contributed by atoms with van der Waals surface area (Å²) in [5, 5.41) is 11.5. The van der Waals surface area contributed by atoms with Gasteiger partial charge in [0.15, 0.2) is 5.11 Å². The van der Waals surface area contributed by atoms with Gasteiger partial charge in [0.1, 0.15) is 5.57 Å². The minimum Gasteiger partial charge on any atom is -0.478 e. The summed E-state index contributed by atoms with van der Waals surface area (Å²) in [7, 11) is 0. The Morgan fingerprint density at radius 1 is 1.15 bits per heavy atom. The maximum Gasteiger partial charge on any atom is 0.335 e. The van der Waals surface area contributed by atoms with Crippen LogP contribution < -0.4 is 10.2 Å². The van der Waals surface area contributed by atoms with E-state index in [-0.39, 0.29) is 21.9 Å². The van der Waals surface area contributed by atoms with Gasteiger partial charge in [-0.2, -0.15) is 0 Å². The molecular weight excluding hydrogens is 420 g/mol. The first-order valence-corrected chi connectivity index (χ1v) is 8.57. The highest BCUT2D eigenvalue weighted by atomic mass is 79.9. The number of carboxylic acid groups (broad SMARTS) is 1. The SMILES string of the molecule is O=C1NC(=S)N(c2cccc(C(=O)O)c2)C(=O)C1=Cc1cccc(Br)c1. The number of hydrogen-bond acceptors (Lipinski definition) is 4. The van der Waals surface area contributed by atoms with E-state index >= 15 is 0 Å². The van der Waals surface area contributed by atoms with Crippen LogP contribution in [0.15, 0.2) is 58.6 Å². The lowest BCUT2D eigenvalue weighted by atomic mass is 10.1. The molecular formula is C18H11BrN2O4S. The molecule has 1 saturated heterocycles. The van der Waals surface area contributed by atoms with E-state index < -0.39 is 17.8 Å². The average Bonchev–Trinajstić information content (AvgIpc) is 2.59. The molecule has 0 saturated carbocycles. The Bertz CT molecular complexity index is 987. The van der Waals surface area contributed by atoms with Crippen LogP contribution in [0.4, 0.5) is 5.69 Å². The summed E-state index contributed by atoms with van der Waals surface area (Å²) in [6.07, 6.45) is 1.46. The summed E-state index contributed by atoms with van der Waals surface area (Å²) in [6, 6.07) is 12.9. The minimum absolute atomic E-state index is 0.00696. The summed E-state index contributed by atoms with van der Waals surface area (Å²) >= 11 is 8.44. The molecule has 1 heterocycles. The number of halogens is 1. The number of carbonyl (C=O) groups excluding carboxylic acids is 2. The molecule has 3 rings (SSSR count). The molecule has 0 radical (unpaired) electrons. The molecule has 6 nitrogen and oxygen atoms in total. The van der Waals surface area contributed by atoms with Crippen molar-refractivity contribution >= 4 is 62.8 Å². The zero-order valence-electron chi connectivity index (χ0n) is 13.1. The number of nitrogens with one attached hydrogen (secondary N) is 1. The first kappa shape index (κ1) is 18.0. The monoisotopic (exact) mass is 430 g/mol. The number of nitrogens with zero attached hydrogens (tertiary/aromatic N) is 1. The van der Waals surface area contributed by atoms with Gasteiger partial charge in [0.2, 0.25) is 0 Å². The van der Waals surface area contributed by atoms with Crippen molar-refractivity contribution in [1.29, 1.82) is 0 Å². The molecule has 1 fully saturated rings. The molecule has 26 heavy (non-hydrogen) atoms. The van der Waals surface area contributed by atoms with Crippen molar-refractivity contribution in [2.75, 3.05) is 4.90 Å². The highest BCUT2D eigenvalue weighted by Crippen LogP contribution is 2.23. The highest BCUT2D eigenvalue weighted by Gasteiger charge is 2.34. The maximum atomic E-state index is 12.9. The van der Waals surface area contributed by atoms with Crippen LogP contribution in [0.2, 0.25) is 0 Å². The number of thiocarbonyl (C=S) groups is 1. The maximum absolute atomic E-state index is 12.9. The van der Waals surface area contributed by atoms with E-state index in [1.165, 1.54) is 24.3 Å². The fourth-order valence-electron chi connectivity index (χ4n) is 2.43. The van der Waals surface area contributed by atoms with Crippen molar-refractivity contribution in [3.8, 4) is 0 Å². The fraction of sp³-hybridized carbons (Fsp3) is 0. The Morgan fingerprint density at radius 3 is 2.58 bits per heavy atom. The van der Waals surface area contributed by atoms with Gasteiger partial charge in [-0.05, 0) is 54.2 Å². The normalized spacial score (nSPS) is 16.0. The smallest absolute Gasteiger partial charge is 0.335 e. The number of benzene rings is 2. The molecule has 8 heteroatoms. The van der Waals surface area contributed by atoms with E-state index in [1.54, 1.807) is 24.3 Å². The number of rotatable bonds is 3. The first-order chi connectivity index (χ1) is 12.4. The molecule has 0 atom stereocenters. The molecule has 0 aromatic heterocycles. The number of carbonyl (C=O) groups is 3. The largest absolute Gasteiger partial charge is 0.478 e. The van der Waals surface area contributed by atoms with Gasteiger partial charge in [0.25, 0.3) is 11.8 Å². The van der Waals surface area contributed by atoms with Crippen molar-refractivity contribution in [2.45, 2.75) is 0 Å². The Kier molecular flexibility index (Phi) is 4.97. The number of aromatic carboxylic acids is 1. The second-order valence-corrected chi connectivity index (χ2v) is 6.67. The number of carboxylic acids is 1. The van der Waals surface area contributed by atoms with E-state index in [9.17, 15) is 14.4 Å². The predicted molar refractivity (Wildman–Crippen MR) is 104 cm³/mol. The van der Waals surface area contributed by atoms with Gasteiger partial charge >= 0.3 is 5.97 Å². The summed E-state index contributed by atoms with van der Waals surface area (Å²) in [6.45, 7) is 0. The lowest BCUT2D eigenvalue weighted by molar-refractivity contribution is -0.122. The number of hydrogen-bond donors (Lipinski definition) is 2. The van der Waals surface area contributed by atoms with E-state index in [0.717, 1.165) is 9.37 Å². The minimum atomic E-state index is -1.13. The Hall–Kier alpha value is -2.84. The van der Waals surface area contributed by atoms with Crippen LogP contribution in [-0.4, -0.2) is 28.0 Å². The Morgan fingerprint density at radius 2 is 1.88 bits per heavy atom. The third-order valence-electron chi connectivity index (χ3n) is 3.61. The van der Waals surface area contributed by atoms with Gasteiger partial charge < -0.3 is 5.11 Å². The highest BCUT2D eigenvalue weighted by molar-refractivity contribution is 9.10. The van der Waals surface area contributed by atoms with Crippen molar-refractivity contribution < 1.29 is 19.5 Å². The van der Waals surface area contributed by atoms with Gasteiger partial charge in [-0.25, -0.2) is 4.79 Å². The molecule has 2 aromatic carbocycles. The summed E-state index contributed by atoms with van der Waals surface area (Å²) in [5.41, 5.74) is 0.829. The molecule has 130 valence electrons. The third-order valence-corrected chi connectivity index (χ3v) is 4.39. The fourth-order valence-corrected chi connectivity index (χ4v) is 3.13. The predicted octanol–water partition coefficient (Wildman–Crippen LogP) is 2.98. The standard InChI is InChI=1S/C18H11BrN2O4S/c19-12-5-1-3-10(7-12)8-14-15(22)20-18(26)21(16(14)23)13-6-2-4-11(9-13)17(24)25/h1-9H,(H,24,25)(H,20,22,26). The van der Waals surface area contributed by atoms with Crippen molar-refractivity contribution in [3.63, 3.8) is 0 Å². The Balaban J connectivity index is 2.03. The van der Waals surface area contributed by atoms with Gasteiger partial charge in [-0.1, -0.05) is 34.1 Å². The van der Waals surface area contributed by atoms with E-state index in [4.69, 9.17) is 17.3 Å². The molecule has 2 aromatic rings. The quantitative estimate of drug-likeness (QED) is 0.444. The second kappa shape index (κ2) is 7.19.